The second-order valence-electron chi connectivity index (χ2n) is 13.2. The Morgan fingerprint density at radius 3 is 2.48 bits per heavy atom. The number of nitrogens with zero attached hydrogens (tertiary/aromatic N) is 3. The molecule has 2 amide bonds. The van der Waals surface area contributed by atoms with Crippen LogP contribution in [-0.4, -0.2) is 45.0 Å². The number of aryl methyl sites for hydroxylation is 2. The van der Waals surface area contributed by atoms with E-state index in [0.29, 0.717) is 30.0 Å². The van der Waals surface area contributed by atoms with Gasteiger partial charge in [0.2, 0.25) is 5.91 Å². The number of benzene rings is 2. The van der Waals surface area contributed by atoms with Gasteiger partial charge in [-0.15, -0.1) is 0 Å². The fourth-order valence-electron chi connectivity index (χ4n) is 7.84. The number of hydrogen-bond donors (Lipinski definition) is 2. The summed E-state index contributed by atoms with van der Waals surface area (Å²) in [6.07, 6.45) is 17.1. The second kappa shape index (κ2) is 13.7. The zero-order valence-electron chi connectivity index (χ0n) is 27.3. The average molecular weight is 648 g/mol. The number of rotatable bonds is 8. The molecule has 2 aliphatic carbocycles. The topological polar surface area (TPSA) is 124 Å². The van der Waals surface area contributed by atoms with Crippen molar-refractivity contribution in [3.63, 3.8) is 0 Å². The summed E-state index contributed by atoms with van der Waals surface area (Å²) in [5.74, 6) is -0.647. The fraction of sp³-hybridized carbons (Fsp3) is 0.395. The van der Waals surface area contributed by atoms with E-state index in [2.05, 4.69) is 31.0 Å². The lowest BCUT2D eigenvalue weighted by Crippen LogP contribution is -2.55. The molecule has 48 heavy (non-hydrogen) atoms. The molecule has 3 aliphatic rings. The van der Waals surface area contributed by atoms with Crippen LogP contribution >= 0.6 is 0 Å². The van der Waals surface area contributed by atoms with E-state index in [1.807, 2.05) is 12.1 Å². The first-order chi connectivity index (χ1) is 23.5. The van der Waals surface area contributed by atoms with Gasteiger partial charge < -0.3 is 15.2 Å². The highest BCUT2D eigenvalue weighted by Gasteiger charge is 2.43. The van der Waals surface area contributed by atoms with Gasteiger partial charge in [0.15, 0.2) is 0 Å². The summed E-state index contributed by atoms with van der Waals surface area (Å²) in [4.78, 5) is 57.7. The maximum Gasteiger partial charge on any atom is 0.365 e. The molecule has 10 nitrogen and oxygen atoms in total. The SMILES string of the molecule is COOC(=O)C=Cc1ccc(NC(=O)C2(NC(=O)c3ccc4c(C5CCCCC5)c5n(c4c3)CCCc3nccnc3-5)CCCC2)cc1. The lowest BCUT2D eigenvalue weighted by atomic mass is 9.82. The molecule has 0 atom stereocenters. The van der Waals surface area contributed by atoms with Crippen LogP contribution in [0.4, 0.5) is 5.69 Å². The van der Waals surface area contributed by atoms with Crippen molar-refractivity contribution in [3.05, 3.63) is 83.3 Å². The van der Waals surface area contributed by atoms with Crippen molar-refractivity contribution in [2.45, 2.75) is 88.6 Å². The van der Waals surface area contributed by atoms with E-state index in [0.717, 1.165) is 73.2 Å². The normalized spacial score (nSPS) is 17.4. The lowest BCUT2D eigenvalue weighted by molar-refractivity contribution is -0.249. The molecule has 10 heteroatoms. The Hall–Kier alpha value is -4.83. The number of nitrogens with one attached hydrogen (secondary N) is 2. The van der Waals surface area contributed by atoms with Crippen LogP contribution in [0.3, 0.4) is 0 Å². The van der Waals surface area contributed by atoms with Crippen LogP contribution in [0.2, 0.25) is 0 Å². The van der Waals surface area contributed by atoms with Gasteiger partial charge in [-0.3, -0.25) is 24.4 Å². The molecule has 1 aliphatic heterocycles. The van der Waals surface area contributed by atoms with E-state index in [4.69, 9.17) is 9.97 Å². The Balaban J connectivity index is 1.16. The summed E-state index contributed by atoms with van der Waals surface area (Å²) < 4.78 is 2.37. The summed E-state index contributed by atoms with van der Waals surface area (Å²) in [5.41, 5.74) is 6.47. The van der Waals surface area contributed by atoms with Crippen molar-refractivity contribution in [2.24, 2.45) is 0 Å². The molecule has 0 radical (unpaired) electrons. The molecule has 0 saturated heterocycles. The first kappa shape index (κ1) is 31.8. The second-order valence-corrected chi connectivity index (χ2v) is 13.2. The van der Waals surface area contributed by atoms with Crippen LogP contribution in [0.15, 0.2) is 60.9 Å². The van der Waals surface area contributed by atoms with Crippen molar-refractivity contribution in [2.75, 3.05) is 12.4 Å². The maximum absolute atomic E-state index is 14.0. The van der Waals surface area contributed by atoms with E-state index in [1.165, 1.54) is 43.4 Å². The molecule has 2 N–H and O–H groups in total. The number of aromatic nitrogens is 3. The molecule has 0 unspecified atom stereocenters. The Morgan fingerprint density at radius 2 is 1.71 bits per heavy atom. The highest BCUT2D eigenvalue weighted by atomic mass is 17.2. The summed E-state index contributed by atoms with van der Waals surface area (Å²) >= 11 is 0. The largest absolute Gasteiger partial charge is 0.365 e. The quantitative estimate of drug-likeness (QED) is 0.121. The van der Waals surface area contributed by atoms with Crippen molar-refractivity contribution < 1.29 is 24.2 Å². The molecule has 0 bridgehead atoms. The molecule has 0 spiro atoms. The number of anilines is 1. The van der Waals surface area contributed by atoms with Gasteiger partial charge in [-0.2, -0.15) is 4.89 Å². The van der Waals surface area contributed by atoms with E-state index >= 15 is 0 Å². The first-order valence-corrected chi connectivity index (χ1v) is 17.1. The molecule has 248 valence electrons. The van der Waals surface area contributed by atoms with Crippen molar-refractivity contribution in [1.29, 1.82) is 0 Å². The van der Waals surface area contributed by atoms with Gasteiger partial charge in [0.05, 0.1) is 18.5 Å². The van der Waals surface area contributed by atoms with Crippen LogP contribution in [-0.2, 0) is 32.3 Å². The Kier molecular flexibility index (Phi) is 9.08. The molecule has 7 rings (SSSR count). The Morgan fingerprint density at radius 1 is 0.938 bits per heavy atom. The van der Waals surface area contributed by atoms with Crippen molar-refractivity contribution >= 4 is 40.4 Å². The van der Waals surface area contributed by atoms with E-state index in [-0.39, 0.29) is 11.8 Å². The Labute approximate surface area is 279 Å². The predicted octanol–water partition coefficient (Wildman–Crippen LogP) is 6.89. The van der Waals surface area contributed by atoms with E-state index < -0.39 is 11.5 Å². The van der Waals surface area contributed by atoms with Crippen LogP contribution in [0.25, 0.3) is 28.4 Å². The van der Waals surface area contributed by atoms with Crippen molar-refractivity contribution in [1.82, 2.24) is 19.9 Å². The zero-order chi connectivity index (χ0) is 33.1. The van der Waals surface area contributed by atoms with Crippen LogP contribution in [0, 0.1) is 0 Å². The average Bonchev–Trinajstić information content (AvgIpc) is 3.66. The molecule has 4 aromatic rings. The van der Waals surface area contributed by atoms with Crippen molar-refractivity contribution in [3.8, 4) is 11.4 Å². The van der Waals surface area contributed by atoms with Gasteiger partial charge in [-0.05, 0) is 85.9 Å². The third kappa shape index (κ3) is 6.24. The smallest absolute Gasteiger partial charge is 0.339 e. The number of amides is 2. The molecular weight excluding hydrogens is 606 g/mol. The summed E-state index contributed by atoms with van der Waals surface area (Å²) in [5, 5.41) is 7.37. The minimum atomic E-state index is -1.01. The number of carbonyl (C=O) groups excluding carboxylic acids is 3. The molecule has 3 heterocycles. The van der Waals surface area contributed by atoms with Crippen LogP contribution < -0.4 is 10.6 Å². The first-order valence-electron chi connectivity index (χ1n) is 17.1. The monoisotopic (exact) mass is 647 g/mol. The highest BCUT2D eigenvalue weighted by Crippen LogP contribution is 2.45. The third-order valence-corrected chi connectivity index (χ3v) is 10.2. The maximum atomic E-state index is 14.0. The highest BCUT2D eigenvalue weighted by molar-refractivity contribution is 6.06. The number of fused-ring (bicyclic) bond motifs is 5. The molecule has 2 aromatic carbocycles. The number of carbonyl (C=O) groups is 3. The van der Waals surface area contributed by atoms with Crippen LogP contribution in [0.5, 0.6) is 0 Å². The standard InChI is InChI=1S/C38H41N5O5/c1-47-48-32(44)18-13-25-11-15-28(16-12-25)41-37(46)38(19-5-6-20-38)42-36(45)27-14-17-29-31(24-27)43-23-7-10-30-34(40-22-21-39-30)35(43)33(29)26-8-3-2-4-9-26/h11-18,21-22,24,26H,2-10,19-20,23H2,1H3,(H,41,46)(H,42,45). The van der Waals surface area contributed by atoms with Gasteiger partial charge >= 0.3 is 5.97 Å². The lowest BCUT2D eigenvalue weighted by Gasteiger charge is -2.29. The van der Waals surface area contributed by atoms with Gasteiger partial charge in [0, 0.05) is 47.2 Å². The van der Waals surface area contributed by atoms with Gasteiger partial charge in [-0.25, -0.2) is 4.79 Å². The minimum absolute atomic E-state index is 0.229. The predicted molar refractivity (Wildman–Crippen MR) is 183 cm³/mol. The fourth-order valence-corrected chi connectivity index (χ4v) is 7.84. The Bertz CT molecular complexity index is 1870. The minimum Gasteiger partial charge on any atom is -0.339 e. The summed E-state index contributed by atoms with van der Waals surface area (Å²) in [6.45, 7) is 0.833. The zero-order valence-corrected chi connectivity index (χ0v) is 27.3. The molecular formula is C38H41N5O5. The van der Waals surface area contributed by atoms with E-state index in [9.17, 15) is 14.4 Å². The van der Waals surface area contributed by atoms with Gasteiger partial charge in [0.25, 0.3) is 5.91 Å². The third-order valence-electron chi connectivity index (χ3n) is 10.2. The molecule has 2 fully saturated rings. The van der Waals surface area contributed by atoms with Gasteiger partial charge in [-0.1, -0.05) is 50.3 Å². The van der Waals surface area contributed by atoms with E-state index in [1.54, 1.807) is 42.7 Å². The molecule has 2 saturated carbocycles. The number of hydrogen-bond acceptors (Lipinski definition) is 7. The molecule has 2 aromatic heterocycles. The summed E-state index contributed by atoms with van der Waals surface area (Å²) in [7, 11) is 1.26. The van der Waals surface area contributed by atoms with Crippen LogP contribution in [0.1, 0.15) is 97.3 Å². The van der Waals surface area contributed by atoms with Gasteiger partial charge in [0.1, 0.15) is 11.2 Å². The summed E-state index contributed by atoms with van der Waals surface area (Å²) in [6, 6.07) is 13.1.